The fourth-order valence-corrected chi connectivity index (χ4v) is 2.48. The summed E-state index contributed by atoms with van der Waals surface area (Å²) in [5.41, 5.74) is 3.76. The van der Waals surface area contributed by atoms with Crippen LogP contribution in [0.15, 0.2) is 54.7 Å². The summed E-state index contributed by atoms with van der Waals surface area (Å²) in [6.45, 7) is 2.18. The Morgan fingerprint density at radius 1 is 1.07 bits per heavy atom. The fourth-order valence-electron chi connectivity index (χ4n) is 2.48. The van der Waals surface area contributed by atoms with E-state index < -0.39 is 0 Å². The molecule has 3 aromatic rings. The van der Waals surface area contributed by atoms with E-state index in [1.165, 1.54) is 0 Å². The zero-order valence-corrected chi connectivity index (χ0v) is 15.6. The van der Waals surface area contributed by atoms with Crippen molar-refractivity contribution in [3.05, 3.63) is 71.8 Å². The first kappa shape index (κ1) is 18.3. The number of amides is 1. The van der Waals surface area contributed by atoms with Gasteiger partial charge in [-0.05, 0) is 49.4 Å². The molecular weight excluding hydrogens is 340 g/mol. The van der Waals surface area contributed by atoms with Crippen molar-refractivity contribution in [3.8, 4) is 0 Å². The third-order valence-electron chi connectivity index (χ3n) is 3.88. The maximum absolute atomic E-state index is 12.4. The molecule has 0 fully saturated rings. The SMILES string of the molecule is Cc1cc(C(=O)NCc2ccccn2)nc(Nc2ccc(N(C)C)cc2)n1. The highest BCUT2D eigenvalue weighted by atomic mass is 16.1. The molecule has 3 rings (SSSR count). The number of aryl methyl sites for hydroxylation is 1. The van der Waals surface area contributed by atoms with Crippen LogP contribution in [-0.2, 0) is 6.54 Å². The van der Waals surface area contributed by atoms with E-state index in [9.17, 15) is 4.79 Å². The second-order valence-corrected chi connectivity index (χ2v) is 6.29. The summed E-state index contributed by atoms with van der Waals surface area (Å²) in [5, 5.41) is 5.98. The maximum atomic E-state index is 12.4. The van der Waals surface area contributed by atoms with E-state index in [0.29, 0.717) is 23.9 Å². The number of aromatic nitrogens is 3. The van der Waals surface area contributed by atoms with Gasteiger partial charge in [0, 0.05) is 37.4 Å². The molecule has 0 spiro atoms. The van der Waals surface area contributed by atoms with E-state index >= 15 is 0 Å². The van der Waals surface area contributed by atoms with E-state index in [0.717, 1.165) is 17.1 Å². The predicted octanol–water partition coefficient (Wildman–Crippen LogP) is 2.92. The minimum Gasteiger partial charge on any atom is -0.378 e. The van der Waals surface area contributed by atoms with Crippen LogP contribution < -0.4 is 15.5 Å². The van der Waals surface area contributed by atoms with E-state index in [-0.39, 0.29) is 5.91 Å². The summed E-state index contributed by atoms with van der Waals surface area (Å²) in [4.78, 5) is 27.3. The Morgan fingerprint density at radius 2 is 1.85 bits per heavy atom. The predicted molar refractivity (Wildman–Crippen MR) is 106 cm³/mol. The largest absolute Gasteiger partial charge is 0.378 e. The van der Waals surface area contributed by atoms with Gasteiger partial charge in [-0.2, -0.15) is 0 Å². The zero-order valence-electron chi connectivity index (χ0n) is 15.6. The van der Waals surface area contributed by atoms with Crippen molar-refractivity contribution in [2.45, 2.75) is 13.5 Å². The Balaban J connectivity index is 1.70. The van der Waals surface area contributed by atoms with Crippen molar-refractivity contribution < 1.29 is 4.79 Å². The lowest BCUT2D eigenvalue weighted by atomic mass is 10.2. The molecule has 1 amide bonds. The Morgan fingerprint density at radius 3 is 2.52 bits per heavy atom. The number of benzene rings is 1. The van der Waals surface area contributed by atoms with Gasteiger partial charge in [-0.1, -0.05) is 6.07 Å². The number of pyridine rings is 1. The number of rotatable bonds is 6. The van der Waals surface area contributed by atoms with Gasteiger partial charge in [0.05, 0.1) is 12.2 Å². The molecule has 0 aliphatic carbocycles. The number of anilines is 3. The second-order valence-electron chi connectivity index (χ2n) is 6.29. The van der Waals surface area contributed by atoms with E-state index in [1.54, 1.807) is 12.3 Å². The first-order chi connectivity index (χ1) is 13.0. The van der Waals surface area contributed by atoms with Gasteiger partial charge in [0.25, 0.3) is 5.91 Å². The molecule has 0 saturated heterocycles. The first-order valence-electron chi connectivity index (χ1n) is 8.59. The van der Waals surface area contributed by atoms with Crippen molar-refractivity contribution in [1.82, 2.24) is 20.3 Å². The minimum atomic E-state index is -0.267. The van der Waals surface area contributed by atoms with Crippen LogP contribution in [0.3, 0.4) is 0 Å². The van der Waals surface area contributed by atoms with Crippen LogP contribution in [0.4, 0.5) is 17.3 Å². The summed E-state index contributed by atoms with van der Waals surface area (Å²) in [6.07, 6.45) is 1.69. The third-order valence-corrected chi connectivity index (χ3v) is 3.88. The summed E-state index contributed by atoms with van der Waals surface area (Å²) in [7, 11) is 3.98. The smallest absolute Gasteiger partial charge is 0.270 e. The topological polar surface area (TPSA) is 83.0 Å². The Labute approximate surface area is 158 Å². The highest BCUT2D eigenvalue weighted by molar-refractivity contribution is 5.92. The number of carbonyl (C=O) groups is 1. The molecular formula is C20H22N6O. The molecule has 0 aliphatic rings. The molecule has 7 heteroatoms. The lowest BCUT2D eigenvalue weighted by Gasteiger charge is -2.13. The summed E-state index contributed by atoms with van der Waals surface area (Å²) in [6, 6.07) is 15.1. The Kier molecular flexibility index (Phi) is 5.61. The summed E-state index contributed by atoms with van der Waals surface area (Å²) < 4.78 is 0. The molecule has 2 N–H and O–H groups in total. The van der Waals surface area contributed by atoms with Crippen molar-refractivity contribution in [1.29, 1.82) is 0 Å². The minimum absolute atomic E-state index is 0.267. The van der Waals surface area contributed by atoms with Gasteiger partial charge in [-0.3, -0.25) is 9.78 Å². The van der Waals surface area contributed by atoms with Gasteiger partial charge in [-0.15, -0.1) is 0 Å². The van der Waals surface area contributed by atoms with Crippen LogP contribution >= 0.6 is 0 Å². The van der Waals surface area contributed by atoms with E-state index in [1.807, 2.05) is 68.4 Å². The van der Waals surface area contributed by atoms with Gasteiger partial charge in [-0.25, -0.2) is 9.97 Å². The average molecular weight is 362 g/mol. The van der Waals surface area contributed by atoms with Gasteiger partial charge < -0.3 is 15.5 Å². The Hall–Kier alpha value is -3.48. The molecule has 0 saturated carbocycles. The average Bonchev–Trinajstić information content (AvgIpc) is 2.67. The number of nitrogens with zero attached hydrogens (tertiary/aromatic N) is 4. The van der Waals surface area contributed by atoms with Crippen molar-refractivity contribution in [2.24, 2.45) is 0 Å². The van der Waals surface area contributed by atoms with E-state index in [4.69, 9.17) is 0 Å². The van der Waals surface area contributed by atoms with Crippen molar-refractivity contribution in [3.63, 3.8) is 0 Å². The van der Waals surface area contributed by atoms with Gasteiger partial charge in [0.2, 0.25) is 5.95 Å². The van der Waals surface area contributed by atoms with Crippen molar-refractivity contribution >= 4 is 23.2 Å². The highest BCUT2D eigenvalue weighted by Crippen LogP contribution is 2.18. The molecule has 7 nitrogen and oxygen atoms in total. The molecule has 0 bridgehead atoms. The quantitative estimate of drug-likeness (QED) is 0.702. The van der Waals surface area contributed by atoms with Crippen LogP contribution in [-0.4, -0.2) is 35.0 Å². The van der Waals surface area contributed by atoms with Crippen LogP contribution in [0.25, 0.3) is 0 Å². The molecule has 1 aromatic carbocycles. The van der Waals surface area contributed by atoms with Crippen LogP contribution in [0.5, 0.6) is 0 Å². The molecule has 0 radical (unpaired) electrons. The summed E-state index contributed by atoms with van der Waals surface area (Å²) in [5.74, 6) is 0.118. The molecule has 0 atom stereocenters. The second kappa shape index (κ2) is 8.27. The fraction of sp³-hybridized carbons (Fsp3) is 0.200. The summed E-state index contributed by atoms with van der Waals surface area (Å²) >= 11 is 0. The number of nitrogens with one attached hydrogen (secondary N) is 2. The molecule has 138 valence electrons. The third kappa shape index (κ3) is 5.01. The molecule has 0 aliphatic heterocycles. The monoisotopic (exact) mass is 362 g/mol. The number of hydrogen-bond acceptors (Lipinski definition) is 6. The van der Waals surface area contributed by atoms with Gasteiger partial charge >= 0.3 is 0 Å². The molecule has 2 aromatic heterocycles. The molecule has 0 unspecified atom stereocenters. The van der Waals surface area contributed by atoms with Crippen LogP contribution in [0.1, 0.15) is 21.9 Å². The normalized spacial score (nSPS) is 10.3. The lowest BCUT2D eigenvalue weighted by molar-refractivity contribution is 0.0945. The van der Waals surface area contributed by atoms with Crippen LogP contribution in [0.2, 0.25) is 0 Å². The standard InChI is InChI=1S/C20H22N6O/c1-14-12-18(19(27)22-13-16-6-4-5-11-21-16)25-20(23-14)24-15-7-9-17(10-8-15)26(2)3/h4-12H,13H2,1-3H3,(H,22,27)(H,23,24,25). The number of hydrogen-bond donors (Lipinski definition) is 2. The Bertz CT molecular complexity index is 910. The molecule has 27 heavy (non-hydrogen) atoms. The lowest BCUT2D eigenvalue weighted by Crippen LogP contribution is -2.24. The van der Waals surface area contributed by atoms with Crippen LogP contribution in [0, 0.1) is 6.92 Å². The highest BCUT2D eigenvalue weighted by Gasteiger charge is 2.11. The van der Waals surface area contributed by atoms with Crippen molar-refractivity contribution in [2.75, 3.05) is 24.3 Å². The van der Waals surface area contributed by atoms with E-state index in [2.05, 4.69) is 25.6 Å². The maximum Gasteiger partial charge on any atom is 0.270 e. The molecule has 2 heterocycles. The zero-order chi connectivity index (χ0) is 19.2. The van der Waals surface area contributed by atoms with Gasteiger partial charge in [0.1, 0.15) is 5.69 Å². The first-order valence-corrected chi connectivity index (χ1v) is 8.59. The van der Waals surface area contributed by atoms with Gasteiger partial charge in [0.15, 0.2) is 0 Å². The number of carbonyl (C=O) groups excluding carboxylic acids is 1.